The van der Waals surface area contributed by atoms with Crippen LogP contribution in [0.2, 0.25) is 5.02 Å². The third-order valence-corrected chi connectivity index (χ3v) is 5.61. The van der Waals surface area contributed by atoms with Crippen molar-refractivity contribution in [1.29, 1.82) is 0 Å². The molecule has 30 heavy (non-hydrogen) atoms. The van der Waals surface area contributed by atoms with E-state index in [2.05, 4.69) is 15.2 Å². The Kier molecular flexibility index (Phi) is 6.34. The Hall–Kier alpha value is -3.43. The van der Waals surface area contributed by atoms with Crippen LogP contribution in [-0.4, -0.2) is 19.6 Å². The van der Waals surface area contributed by atoms with Crippen LogP contribution in [0, 0.1) is 17.0 Å². The highest BCUT2D eigenvalue weighted by Crippen LogP contribution is 2.29. The molecule has 0 atom stereocenters. The molecule has 0 spiro atoms. The standard InChI is InChI=1S/C20H17ClN4O4S/c1-14-4-2-5-15(10-14)13-22-23-19-9-8-18(12-20(19)25(26)27)30(28,29)24-17-7-3-6-16(21)11-17/h2-13,23-24H,1H3. The van der Waals surface area contributed by atoms with Crippen molar-refractivity contribution in [2.75, 3.05) is 10.1 Å². The van der Waals surface area contributed by atoms with Gasteiger partial charge in [-0.25, -0.2) is 8.42 Å². The number of aryl methyl sites for hydroxylation is 1. The number of halogens is 1. The van der Waals surface area contributed by atoms with E-state index in [1.807, 2.05) is 31.2 Å². The maximum absolute atomic E-state index is 12.6. The number of nitro groups is 1. The summed E-state index contributed by atoms with van der Waals surface area (Å²) in [6.07, 6.45) is 1.52. The molecule has 154 valence electrons. The summed E-state index contributed by atoms with van der Waals surface area (Å²) in [6.45, 7) is 1.94. The molecule has 3 aromatic rings. The zero-order chi connectivity index (χ0) is 21.7. The first-order valence-electron chi connectivity index (χ1n) is 8.67. The molecule has 3 aromatic carbocycles. The minimum absolute atomic E-state index is 0.0607. The van der Waals surface area contributed by atoms with Gasteiger partial charge in [0.2, 0.25) is 0 Å². The first-order valence-corrected chi connectivity index (χ1v) is 10.5. The van der Waals surface area contributed by atoms with E-state index in [0.29, 0.717) is 5.02 Å². The molecule has 10 heteroatoms. The molecule has 0 bridgehead atoms. The van der Waals surface area contributed by atoms with Gasteiger partial charge in [-0.3, -0.25) is 20.3 Å². The third-order valence-electron chi connectivity index (χ3n) is 3.99. The van der Waals surface area contributed by atoms with Gasteiger partial charge < -0.3 is 0 Å². The van der Waals surface area contributed by atoms with Gasteiger partial charge in [0.15, 0.2) is 0 Å². The molecule has 0 unspecified atom stereocenters. The second-order valence-electron chi connectivity index (χ2n) is 6.34. The normalized spacial score (nSPS) is 11.4. The van der Waals surface area contributed by atoms with Crippen LogP contribution < -0.4 is 10.1 Å². The van der Waals surface area contributed by atoms with Crippen LogP contribution in [0.5, 0.6) is 0 Å². The average Bonchev–Trinajstić information content (AvgIpc) is 2.67. The number of sulfonamides is 1. The Bertz CT molecular complexity index is 1230. The first kappa shape index (κ1) is 21.3. The summed E-state index contributed by atoms with van der Waals surface area (Å²) in [6, 6.07) is 17.2. The molecule has 0 fully saturated rings. The van der Waals surface area contributed by atoms with Crippen LogP contribution in [0.4, 0.5) is 17.1 Å². The smallest absolute Gasteiger partial charge is 0.280 e. The molecule has 0 aliphatic heterocycles. The van der Waals surface area contributed by atoms with E-state index in [0.717, 1.165) is 17.2 Å². The number of hydrogen-bond acceptors (Lipinski definition) is 6. The number of nitrogens with zero attached hydrogens (tertiary/aromatic N) is 2. The van der Waals surface area contributed by atoms with E-state index >= 15 is 0 Å². The molecule has 0 saturated carbocycles. The van der Waals surface area contributed by atoms with Crippen LogP contribution >= 0.6 is 11.6 Å². The van der Waals surface area contributed by atoms with Crippen molar-refractivity contribution in [2.45, 2.75) is 11.8 Å². The van der Waals surface area contributed by atoms with Crippen LogP contribution in [0.1, 0.15) is 11.1 Å². The summed E-state index contributed by atoms with van der Waals surface area (Å²) in [7, 11) is -4.05. The number of nitrogens with one attached hydrogen (secondary N) is 2. The molecule has 3 rings (SSSR count). The van der Waals surface area contributed by atoms with Gasteiger partial charge in [0.1, 0.15) is 5.69 Å². The highest BCUT2D eigenvalue weighted by molar-refractivity contribution is 7.92. The molecule has 0 saturated heterocycles. The fourth-order valence-corrected chi connectivity index (χ4v) is 3.88. The van der Waals surface area contributed by atoms with Gasteiger partial charge in [-0.15, -0.1) is 0 Å². The van der Waals surface area contributed by atoms with Crippen molar-refractivity contribution in [1.82, 2.24) is 0 Å². The predicted molar refractivity (Wildman–Crippen MR) is 118 cm³/mol. The Morgan fingerprint density at radius 3 is 2.53 bits per heavy atom. The fraction of sp³-hybridized carbons (Fsp3) is 0.0500. The van der Waals surface area contributed by atoms with Gasteiger partial charge in [-0.05, 0) is 42.8 Å². The number of hydrogen-bond donors (Lipinski definition) is 2. The average molecular weight is 445 g/mol. The highest BCUT2D eigenvalue weighted by Gasteiger charge is 2.21. The van der Waals surface area contributed by atoms with Gasteiger partial charge in [0.05, 0.1) is 21.7 Å². The monoisotopic (exact) mass is 444 g/mol. The van der Waals surface area contributed by atoms with Crippen molar-refractivity contribution < 1.29 is 13.3 Å². The number of benzene rings is 3. The summed E-state index contributed by atoms with van der Waals surface area (Å²) in [5, 5.41) is 15.8. The maximum Gasteiger partial charge on any atom is 0.295 e. The zero-order valence-electron chi connectivity index (χ0n) is 15.7. The Morgan fingerprint density at radius 2 is 1.83 bits per heavy atom. The lowest BCUT2D eigenvalue weighted by molar-refractivity contribution is -0.384. The number of anilines is 2. The Balaban J connectivity index is 1.85. The molecule has 0 radical (unpaired) electrons. The van der Waals surface area contributed by atoms with Crippen LogP contribution in [0.3, 0.4) is 0 Å². The van der Waals surface area contributed by atoms with Crippen molar-refractivity contribution in [3.8, 4) is 0 Å². The second-order valence-corrected chi connectivity index (χ2v) is 8.45. The second kappa shape index (κ2) is 8.93. The van der Waals surface area contributed by atoms with E-state index in [9.17, 15) is 18.5 Å². The van der Waals surface area contributed by atoms with E-state index in [4.69, 9.17) is 11.6 Å². The number of rotatable bonds is 7. The van der Waals surface area contributed by atoms with Crippen LogP contribution in [0.15, 0.2) is 76.7 Å². The molecule has 0 aliphatic rings. The minimum Gasteiger partial charge on any atom is -0.280 e. The Labute approximate surface area is 178 Å². The molecular weight excluding hydrogens is 428 g/mol. The number of hydrazone groups is 1. The summed E-state index contributed by atoms with van der Waals surface area (Å²) in [5.41, 5.74) is 4.34. The highest BCUT2D eigenvalue weighted by atomic mass is 35.5. The van der Waals surface area contributed by atoms with Gasteiger partial charge in [-0.1, -0.05) is 47.5 Å². The van der Waals surface area contributed by atoms with Crippen LogP contribution in [0.25, 0.3) is 0 Å². The molecule has 2 N–H and O–H groups in total. The van der Waals surface area contributed by atoms with Gasteiger partial charge >= 0.3 is 0 Å². The molecular formula is C20H17ClN4O4S. The lowest BCUT2D eigenvalue weighted by Gasteiger charge is -2.09. The van der Waals surface area contributed by atoms with E-state index in [-0.39, 0.29) is 16.3 Å². The van der Waals surface area contributed by atoms with E-state index in [1.54, 1.807) is 12.1 Å². The fourth-order valence-electron chi connectivity index (χ4n) is 2.62. The van der Waals surface area contributed by atoms with Crippen molar-refractivity contribution in [3.05, 3.63) is 93.0 Å². The molecule has 0 heterocycles. The van der Waals surface area contributed by atoms with Gasteiger partial charge in [-0.2, -0.15) is 5.10 Å². The van der Waals surface area contributed by atoms with E-state index in [1.165, 1.54) is 30.5 Å². The lowest BCUT2D eigenvalue weighted by atomic mass is 10.2. The molecule has 8 nitrogen and oxygen atoms in total. The summed E-state index contributed by atoms with van der Waals surface area (Å²) >= 11 is 5.86. The predicted octanol–water partition coefficient (Wildman–Crippen LogP) is 4.80. The number of nitro benzene ring substituents is 1. The molecule has 0 amide bonds. The zero-order valence-corrected chi connectivity index (χ0v) is 17.3. The summed E-state index contributed by atoms with van der Waals surface area (Å²) in [4.78, 5) is 10.5. The lowest BCUT2D eigenvalue weighted by Crippen LogP contribution is -2.13. The van der Waals surface area contributed by atoms with Crippen molar-refractivity contribution in [2.24, 2.45) is 5.10 Å². The largest absolute Gasteiger partial charge is 0.295 e. The summed E-state index contributed by atoms with van der Waals surface area (Å²) < 4.78 is 27.6. The van der Waals surface area contributed by atoms with E-state index < -0.39 is 20.6 Å². The molecule has 0 aromatic heterocycles. The van der Waals surface area contributed by atoms with Gasteiger partial charge in [0.25, 0.3) is 15.7 Å². The third kappa shape index (κ3) is 5.34. The quantitative estimate of drug-likeness (QED) is 0.308. The van der Waals surface area contributed by atoms with Crippen LogP contribution in [-0.2, 0) is 10.0 Å². The maximum atomic E-state index is 12.6. The van der Waals surface area contributed by atoms with Crippen molar-refractivity contribution in [3.63, 3.8) is 0 Å². The topological polar surface area (TPSA) is 114 Å². The van der Waals surface area contributed by atoms with Crippen molar-refractivity contribution >= 4 is 44.9 Å². The minimum atomic E-state index is -4.05. The molecule has 0 aliphatic carbocycles. The first-order chi connectivity index (χ1) is 14.2. The van der Waals surface area contributed by atoms with Gasteiger partial charge in [0, 0.05) is 11.1 Å². The Morgan fingerprint density at radius 1 is 1.07 bits per heavy atom. The summed E-state index contributed by atoms with van der Waals surface area (Å²) in [5.74, 6) is 0. The SMILES string of the molecule is Cc1cccc(C=NNc2ccc(S(=O)(=O)Nc3cccc(Cl)c3)cc2[N+](=O)[O-])c1.